The highest BCUT2D eigenvalue weighted by Crippen LogP contribution is 2.31. The molecule has 0 radical (unpaired) electrons. The Hall–Kier alpha value is -2.19. The number of carbonyl (C=O) groups is 1. The summed E-state index contributed by atoms with van der Waals surface area (Å²) >= 11 is 5.89. The van der Waals surface area contributed by atoms with Gasteiger partial charge in [0.25, 0.3) is 5.91 Å². The summed E-state index contributed by atoms with van der Waals surface area (Å²) in [6.45, 7) is 11.7. The van der Waals surface area contributed by atoms with Gasteiger partial charge in [0.1, 0.15) is 18.2 Å². The zero-order valence-corrected chi connectivity index (χ0v) is 24.2. The fourth-order valence-electron chi connectivity index (χ4n) is 5.36. The maximum Gasteiger partial charge on any atom is 0.251 e. The van der Waals surface area contributed by atoms with Crippen LogP contribution in [0.25, 0.3) is 0 Å². The van der Waals surface area contributed by atoms with Crippen LogP contribution in [0.5, 0.6) is 5.75 Å². The average molecular weight is 548 g/mol. The molecule has 210 valence electrons. The SMILES string of the molecule is CCCC1CC(NC(=O)c2ccc(F)c(Cl)c2)CC(C)N1Cc1ccc(OCCN(C)CCO)c(C)c1C. The van der Waals surface area contributed by atoms with Crippen LogP contribution in [0.4, 0.5) is 4.39 Å². The van der Waals surface area contributed by atoms with E-state index in [-0.39, 0.29) is 23.6 Å². The molecule has 38 heavy (non-hydrogen) atoms. The molecular formula is C30H43ClFN3O3. The molecule has 1 amide bonds. The van der Waals surface area contributed by atoms with E-state index in [1.165, 1.54) is 29.3 Å². The van der Waals surface area contributed by atoms with E-state index in [4.69, 9.17) is 21.4 Å². The molecule has 0 saturated carbocycles. The lowest BCUT2D eigenvalue weighted by Gasteiger charge is -2.44. The number of halogens is 2. The van der Waals surface area contributed by atoms with Crippen molar-refractivity contribution >= 4 is 17.5 Å². The highest BCUT2D eigenvalue weighted by atomic mass is 35.5. The van der Waals surface area contributed by atoms with Gasteiger partial charge in [-0.3, -0.25) is 9.69 Å². The van der Waals surface area contributed by atoms with Crippen LogP contribution in [0, 0.1) is 19.7 Å². The van der Waals surface area contributed by atoms with Crippen molar-refractivity contribution in [1.82, 2.24) is 15.1 Å². The fourth-order valence-corrected chi connectivity index (χ4v) is 5.54. The molecule has 1 aliphatic rings. The standard InChI is InChI=1S/C30H43ClFN3O3/c1-6-7-26-18-25(33-30(37)23-8-10-28(32)27(31)17-23)16-20(2)35(26)19-24-9-11-29(22(4)21(24)3)38-15-13-34(5)12-14-36/h8-11,17,20,25-26,36H,6-7,12-16,18-19H2,1-5H3,(H,33,37). The summed E-state index contributed by atoms with van der Waals surface area (Å²) in [5.74, 6) is 0.172. The van der Waals surface area contributed by atoms with E-state index in [0.717, 1.165) is 50.1 Å². The second-order valence-electron chi connectivity index (χ2n) is 10.6. The molecule has 0 aromatic heterocycles. The third-order valence-corrected chi connectivity index (χ3v) is 8.06. The van der Waals surface area contributed by atoms with Crippen molar-refractivity contribution < 1.29 is 19.0 Å². The summed E-state index contributed by atoms with van der Waals surface area (Å²) in [7, 11) is 1.97. The predicted octanol–water partition coefficient (Wildman–Crippen LogP) is 5.35. The summed E-state index contributed by atoms with van der Waals surface area (Å²) in [6.07, 6.45) is 3.85. The van der Waals surface area contributed by atoms with Gasteiger partial charge in [-0.2, -0.15) is 0 Å². The van der Waals surface area contributed by atoms with Crippen LogP contribution < -0.4 is 10.1 Å². The molecule has 1 fully saturated rings. The minimum atomic E-state index is -0.524. The van der Waals surface area contributed by atoms with Crippen molar-refractivity contribution in [2.75, 3.05) is 33.4 Å². The Morgan fingerprint density at radius 2 is 1.97 bits per heavy atom. The van der Waals surface area contributed by atoms with Crippen LogP contribution in [0.2, 0.25) is 5.02 Å². The number of nitrogens with zero attached hydrogens (tertiary/aromatic N) is 2. The van der Waals surface area contributed by atoms with Crippen molar-refractivity contribution in [2.45, 2.75) is 78.0 Å². The van der Waals surface area contributed by atoms with Crippen molar-refractivity contribution in [3.63, 3.8) is 0 Å². The van der Waals surface area contributed by atoms with E-state index < -0.39 is 5.82 Å². The van der Waals surface area contributed by atoms with Gasteiger partial charge in [-0.15, -0.1) is 0 Å². The number of benzene rings is 2. The van der Waals surface area contributed by atoms with E-state index in [1.807, 2.05) is 11.9 Å². The third kappa shape index (κ3) is 7.92. The van der Waals surface area contributed by atoms with E-state index in [9.17, 15) is 9.18 Å². The van der Waals surface area contributed by atoms with Gasteiger partial charge in [0.05, 0.1) is 11.6 Å². The molecule has 8 heteroatoms. The first kappa shape index (κ1) is 30.4. The smallest absolute Gasteiger partial charge is 0.251 e. The average Bonchev–Trinajstić information content (AvgIpc) is 2.87. The van der Waals surface area contributed by atoms with E-state index in [2.05, 4.69) is 50.0 Å². The Labute approximate surface area is 232 Å². The maximum absolute atomic E-state index is 13.5. The van der Waals surface area contributed by atoms with Gasteiger partial charge in [0.15, 0.2) is 0 Å². The molecule has 1 saturated heterocycles. The number of likely N-dealkylation sites (tertiary alicyclic amines) is 1. The third-order valence-electron chi connectivity index (χ3n) is 7.77. The van der Waals surface area contributed by atoms with Crippen molar-refractivity contribution in [3.8, 4) is 5.75 Å². The summed E-state index contributed by atoms with van der Waals surface area (Å²) in [6, 6.07) is 9.05. The predicted molar refractivity (Wildman–Crippen MR) is 152 cm³/mol. The molecule has 0 aliphatic carbocycles. The number of likely N-dealkylation sites (N-methyl/N-ethyl adjacent to an activating group) is 1. The summed E-state index contributed by atoms with van der Waals surface area (Å²) in [4.78, 5) is 17.5. The fraction of sp³-hybridized carbons (Fsp3) is 0.567. The Balaban J connectivity index is 1.65. The van der Waals surface area contributed by atoms with Crippen LogP contribution in [-0.4, -0.2) is 72.3 Å². The van der Waals surface area contributed by atoms with E-state index >= 15 is 0 Å². The zero-order valence-electron chi connectivity index (χ0n) is 23.4. The molecule has 3 atom stereocenters. The summed E-state index contributed by atoms with van der Waals surface area (Å²) in [5.41, 5.74) is 4.08. The quantitative estimate of drug-likeness (QED) is 0.375. The van der Waals surface area contributed by atoms with Crippen molar-refractivity contribution in [1.29, 1.82) is 0 Å². The molecule has 1 heterocycles. The molecule has 0 spiro atoms. The largest absolute Gasteiger partial charge is 0.492 e. The number of rotatable bonds is 12. The van der Waals surface area contributed by atoms with Gasteiger partial charge in [-0.1, -0.05) is 31.0 Å². The van der Waals surface area contributed by atoms with Gasteiger partial charge in [-0.25, -0.2) is 4.39 Å². The van der Waals surface area contributed by atoms with E-state index in [0.29, 0.717) is 30.8 Å². The van der Waals surface area contributed by atoms with Gasteiger partial charge in [0, 0.05) is 43.3 Å². The molecule has 3 rings (SSSR count). The lowest BCUT2D eigenvalue weighted by Crippen LogP contribution is -2.53. The highest BCUT2D eigenvalue weighted by molar-refractivity contribution is 6.31. The number of ether oxygens (including phenoxy) is 1. The highest BCUT2D eigenvalue weighted by Gasteiger charge is 2.34. The topological polar surface area (TPSA) is 65.0 Å². The minimum Gasteiger partial charge on any atom is -0.492 e. The molecule has 3 unspecified atom stereocenters. The molecule has 2 N–H and O–H groups in total. The number of hydrogen-bond acceptors (Lipinski definition) is 5. The van der Waals surface area contributed by atoms with Crippen molar-refractivity contribution in [3.05, 3.63) is 63.4 Å². The van der Waals surface area contributed by atoms with Gasteiger partial charge in [0.2, 0.25) is 0 Å². The first-order valence-electron chi connectivity index (χ1n) is 13.7. The Kier molecular flexibility index (Phi) is 11.4. The normalized spacial score (nSPS) is 20.1. The van der Waals surface area contributed by atoms with Crippen LogP contribution in [0.15, 0.2) is 30.3 Å². The second kappa shape index (κ2) is 14.3. The van der Waals surface area contributed by atoms with Gasteiger partial charge < -0.3 is 20.1 Å². The lowest BCUT2D eigenvalue weighted by molar-refractivity contribution is 0.0557. The first-order chi connectivity index (χ1) is 18.1. The summed E-state index contributed by atoms with van der Waals surface area (Å²) < 4.78 is 19.6. The number of aliphatic hydroxyl groups excluding tert-OH is 1. The lowest BCUT2D eigenvalue weighted by atomic mass is 9.88. The molecule has 2 aromatic rings. The zero-order chi connectivity index (χ0) is 27.8. The maximum atomic E-state index is 13.5. The molecule has 6 nitrogen and oxygen atoms in total. The second-order valence-corrected chi connectivity index (χ2v) is 11.0. The molecular weight excluding hydrogens is 505 g/mol. The Morgan fingerprint density at radius 1 is 1.21 bits per heavy atom. The molecule has 2 aromatic carbocycles. The van der Waals surface area contributed by atoms with E-state index in [1.54, 1.807) is 0 Å². The van der Waals surface area contributed by atoms with Gasteiger partial charge >= 0.3 is 0 Å². The number of aliphatic hydroxyl groups is 1. The van der Waals surface area contributed by atoms with Gasteiger partial charge in [-0.05, 0) is 88.0 Å². The molecule has 0 bridgehead atoms. The number of piperidine rings is 1. The van der Waals surface area contributed by atoms with Crippen LogP contribution in [-0.2, 0) is 6.54 Å². The Morgan fingerprint density at radius 3 is 2.66 bits per heavy atom. The Bertz CT molecular complexity index is 1080. The number of amides is 1. The number of hydrogen-bond donors (Lipinski definition) is 2. The monoisotopic (exact) mass is 547 g/mol. The summed E-state index contributed by atoms with van der Waals surface area (Å²) in [5, 5.41) is 12.2. The first-order valence-corrected chi connectivity index (χ1v) is 14.0. The molecule has 1 aliphatic heterocycles. The minimum absolute atomic E-state index is 0.0409. The number of nitrogens with one attached hydrogen (secondary N) is 1. The number of carbonyl (C=O) groups excluding carboxylic acids is 1. The van der Waals surface area contributed by atoms with Crippen LogP contribution in [0.1, 0.15) is 66.6 Å². The van der Waals surface area contributed by atoms with Crippen LogP contribution >= 0.6 is 11.6 Å². The van der Waals surface area contributed by atoms with Crippen LogP contribution in [0.3, 0.4) is 0 Å². The van der Waals surface area contributed by atoms with Crippen molar-refractivity contribution in [2.24, 2.45) is 0 Å².